The minimum Gasteiger partial charge on any atom is -0.362 e. The Kier molecular flexibility index (Phi) is 1.83. The van der Waals surface area contributed by atoms with Crippen LogP contribution in [0.3, 0.4) is 0 Å². The predicted octanol–water partition coefficient (Wildman–Crippen LogP) is 3.23. The third-order valence-electron chi connectivity index (χ3n) is 2.97. The molecule has 13 heavy (non-hydrogen) atoms. The highest BCUT2D eigenvalue weighted by molar-refractivity contribution is 5.47. The van der Waals surface area contributed by atoms with E-state index in [-0.39, 0.29) is 1.43 Å². The highest BCUT2D eigenvalue weighted by Gasteiger charge is 2.56. The second-order valence-corrected chi connectivity index (χ2v) is 3.77. The SMILES string of the molecule is CC.CC1=CC23CC2C=CC=C3N1.[HH]. The van der Waals surface area contributed by atoms with Crippen molar-refractivity contribution in [3.05, 3.63) is 35.7 Å². The standard InChI is InChI=1S/C10H11N.C2H6.H2/c1-7-5-10-6-8(10)3-2-4-9(10)11-7;1-2;/h2-5,8,11H,6H2,1H3;1-2H3;1H. The maximum atomic E-state index is 3.41. The van der Waals surface area contributed by atoms with E-state index in [1.165, 1.54) is 17.8 Å². The van der Waals surface area contributed by atoms with Gasteiger partial charge in [-0.05, 0) is 25.3 Å². The van der Waals surface area contributed by atoms with Gasteiger partial charge in [-0.3, -0.25) is 0 Å². The van der Waals surface area contributed by atoms with Crippen molar-refractivity contribution < 1.29 is 1.43 Å². The summed E-state index contributed by atoms with van der Waals surface area (Å²) in [5.74, 6) is 0.799. The summed E-state index contributed by atoms with van der Waals surface area (Å²) >= 11 is 0. The molecule has 1 heterocycles. The Bertz CT molecular complexity index is 314. The zero-order chi connectivity index (χ0) is 9.47. The molecule has 0 aromatic heterocycles. The lowest BCUT2D eigenvalue weighted by molar-refractivity contribution is 0.714. The van der Waals surface area contributed by atoms with E-state index in [0.717, 1.165) is 5.92 Å². The van der Waals surface area contributed by atoms with Gasteiger partial charge in [0.2, 0.25) is 0 Å². The van der Waals surface area contributed by atoms with Crippen LogP contribution in [0.4, 0.5) is 0 Å². The molecule has 2 unspecified atom stereocenters. The Balaban J connectivity index is 0.000000309. The molecule has 0 amide bonds. The maximum Gasteiger partial charge on any atom is 0.0371 e. The molecule has 2 atom stereocenters. The fraction of sp³-hybridized carbons (Fsp3) is 0.500. The summed E-state index contributed by atoms with van der Waals surface area (Å²) in [5.41, 5.74) is 3.17. The minimum atomic E-state index is 0. The Labute approximate surface area is 81.7 Å². The van der Waals surface area contributed by atoms with Crippen LogP contribution in [-0.4, -0.2) is 0 Å². The topological polar surface area (TPSA) is 12.0 Å². The van der Waals surface area contributed by atoms with Crippen molar-refractivity contribution in [2.24, 2.45) is 11.3 Å². The van der Waals surface area contributed by atoms with Gasteiger partial charge < -0.3 is 5.32 Å². The quantitative estimate of drug-likeness (QED) is 0.599. The first-order chi connectivity index (χ1) is 6.31. The molecular formula is C12H19N. The summed E-state index contributed by atoms with van der Waals surface area (Å²) in [7, 11) is 0. The van der Waals surface area contributed by atoms with Crippen molar-refractivity contribution in [3.8, 4) is 0 Å². The molecule has 1 nitrogen and oxygen atoms in total. The molecule has 3 rings (SSSR count). The van der Waals surface area contributed by atoms with Crippen LogP contribution in [0.15, 0.2) is 35.7 Å². The molecule has 1 spiro atoms. The average Bonchev–Trinajstić information content (AvgIpc) is 2.74. The molecule has 1 saturated carbocycles. The summed E-state index contributed by atoms with van der Waals surface area (Å²) in [6, 6.07) is 0. The molecule has 3 aliphatic rings. The molecule has 1 aliphatic heterocycles. The predicted molar refractivity (Wildman–Crippen MR) is 58.1 cm³/mol. The first-order valence-corrected chi connectivity index (χ1v) is 5.17. The molecule has 0 saturated heterocycles. The number of allylic oxidation sites excluding steroid dienone is 5. The van der Waals surface area contributed by atoms with Gasteiger partial charge in [0.15, 0.2) is 0 Å². The average molecular weight is 177 g/mol. The molecule has 0 aromatic carbocycles. The largest absolute Gasteiger partial charge is 0.362 e. The van der Waals surface area contributed by atoms with Gasteiger partial charge in [0.05, 0.1) is 0 Å². The third kappa shape index (κ3) is 1.06. The van der Waals surface area contributed by atoms with Crippen molar-refractivity contribution >= 4 is 0 Å². The molecule has 1 N–H and O–H groups in total. The van der Waals surface area contributed by atoms with E-state index in [9.17, 15) is 0 Å². The third-order valence-corrected chi connectivity index (χ3v) is 2.97. The van der Waals surface area contributed by atoms with Crippen LogP contribution in [-0.2, 0) is 0 Å². The van der Waals surface area contributed by atoms with Gasteiger partial charge >= 0.3 is 0 Å². The smallest absolute Gasteiger partial charge is 0.0371 e. The molecule has 1 heteroatoms. The van der Waals surface area contributed by atoms with Gasteiger partial charge in [0, 0.05) is 18.2 Å². The lowest BCUT2D eigenvalue weighted by atomic mass is 9.97. The number of rotatable bonds is 0. The molecule has 72 valence electrons. The fourth-order valence-corrected chi connectivity index (χ4v) is 2.33. The molecule has 0 radical (unpaired) electrons. The summed E-state index contributed by atoms with van der Waals surface area (Å²) in [5, 5.41) is 3.41. The Hall–Kier alpha value is -0.980. The van der Waals surface area contributed by atoms with Crippen LogP contribution in [0, 0.1) is 11.3 Å². The van der Waals surface area contributed by atoms with Crippen molar-refractivity contribution in [2.75, 3.05) is 0 Å². The summed E-state index contributed by atoms with van der Waals surface area (Å²) < 4.78 is 0. The van der Waals surface area contributed by atoms with E-state index in [0.29, 0.717) is 5.41 Å². The van der Waals surface area contributed by atoms with Crippen LogP contribution < -0.4 is 5.32 Å². The van der Waals surface area contributed by atoms with Gasteiger partial charge in [-0.25, -0.2) is 0 Å². The van der Waals surface area contributed by atoms with E-state index < -0.39 is 0 Å². The van der Waals surface area contributed by atoms with E-state index in [1.807, 2.05) is 13.8 Å². The second-order valence-electron chi connectivity index (χ2n) is 3.77. The molecule has 1 fully saturated rings. The molecule has 0 bridgehead atoms. The highest BCUT2D eigenvalue weighted by Crippen LogP contribution is 2.62. The zero-order valence-corrected chi connectivity index (χ0v) is 8.59. The van der Waals surface area contributed by atoms with Crippen LogP contribution in [0.1, 0.15) is 28.6 Å². The van der Waals surface area contributed by atoms with E-state index >= 15 is 0 Å². The fourth-order valence-electron chi connectivity index (χ4n) is 2.33. The maximum absolute atomic E-state index is 3.41. The lowest BCUT2D eigenvalue weighted by Gasteiger charge is -2.11. The molecular weight excluding hydrogens is 158 g/mol. The first kappa shape index (κ1) is 8.61. The van der Waals surface area contributed by atoms with Crippen molar-refractivity contribution in [3.63, 3.8) is 0 Å². The minimum absolute atomic E-state index is 0. The van der Waals surface area contributed by atoms with Crippen molar-refractivity contribution in [1.82, 2.24) is 5.32 Å². The second kappa shape index (κ2) is 2.76. The first-order valence-electron chi connectivity index (χ1n) is 5.17. The Morgan fingerprint density at radius 1 is 1.54 bits per heavy atom. The number of nitrogens with one attached hydrogen (secondary N) is 1. The van der Waals surface area contributed by atoms with E-state index in [1.54, 1.807) is 0 Å². The Morgan fingerprint density at radius 3 is 3.00 bits per heavy atom. The van der Waals surface area contributed by atoms with Crippen molar-refractivity contribution in [2.45, 2.75) is 27.2 Å². The number of hydrogen-bond acceptors (Lipinski definition) is 1. The van der Waals surface area contributed by atoms with Crippen LogP contribution in [0.5, 0.6) is 0 Å². The van der Waals surface area contributed by atoms with E-state index in [2.05, 4.69) is 36.5 Å². The van der Waals surface area contributed by atoms with Crippen LogP contribution in [0.2, 0.25) is 0 Å². The van der Waals surface area contributed by atoms with Gasteiger partial charge in [-0.2, -0.15) is 0 Å². The van der Waals surface area contributed by atoms with Crippen molar-refractivity contribution in [1.29, 1.82) is 0 Å². The highest BCUT2D eigenvalue weighted by atomic mass is 15.0. The van der Waals surface area contributed by atoms with Crippen LogP contribution >= 0.6 is 0 Å². The molecule has 2 aliphatic carbocycles. The normalized spacial score (nSPS) is 37.3. The van der Waals surface area contributed by atoms with Gasteiger partial charge in [-0.1, -0.05) is 32.1 Å². The number of hydrogen-bond donors (Lipinski definition) is 1. The molecule has 0 aromatic rings. The van der Waals surface area contributed by atoms with Gasteiger partial charge in [0.1, 0.15) is 0 Å². The zero-order valence-electron chi connectivity index (χ0n) is 8.59. The summed E-state index contributed by atoms with van der Waals surface area (Å²) in [4.78, 5) is 0. The van der Waals surface area contributed by atoms with Gasteiger partial charge in [-0.15, -0.1) is 0 Å². The summed E-state index contributed by atoms with van der Waals surface area (Å²) in [6.07, 6.45) is 10.4. The monoisotopic (exact) mass is 177 g/mol. The van der Waals surface area contributed by atoms with E-state index in [4.69, 9.17) is 0 Å². The Morgan fingerprint density at radius 2 is 2.31 bits per heavy atom. The van der Waals surface area contributed by atoms with Gasteiger partial charge in [0.25, 0.3) is 0 Å². The lowest BCUT2D eigenvalue weighted by Crippen LogP contribution is -2.11. The van der Waals surface area contributed by atoms with Crippen LogP contribution in [0.25, 0.3) is 0 Å². The summed E-state index contributed by atoms with van der Waals surface area (Å²) in [6.45, 7) is 6.14.